The number of rotatable bonds is 8. The van der Waals surface area contributed by atoms with Crippen LogP contribution in [0.4, 0.5) is 0 Å². The molecule has 2 aromatic carbocycles. The Hall–Kier alpha value is -3.49. The van der Waals surface area contributed by atoms with Gasteiger partial charge in [-0.25, -0.2) is 0 Å². The molecule has 8 nitrogen and oxygen atoms in total. The smallest absolute Gasteiger partial charge is 0.303 e. The number of ketones is 1. The molecule has 8 heteroatoms. The van der Waals surface area contributed by atoms with Crippen LogP contribution in [0, 0.1) is 5.92 Å². The third-order valence-electron chi connectivity index (χ3n) is 8.42. The third kappa shape index (κ3) is 4.63. The topological polar surface area (TPSA) is 137 Å². The van der Waals surface area contributed by atoms with Crippen molar-refractivity contribution >= 4 is 28.6 Å². The summed E-state index contributed by atoms with van der Waals surface area (Å²) < 4.78 is 0. The minimum absolute atomic E-state index is 0.128. The maximum absolute atomic E-state index is 14.7. The maximum Gasteiger partial charge on any atom is 0.303 e. The predicted octanol–water partition coefficient (Wildman–Crippen LogP) is 3.01. The summed E-state index contributed by atoms with van der Waals surface area (Å²) in [5.74, 6) is -2.52. The van der Waals surface area contributed by atoms with Gasteiger partial charge >= 0.3 is 5.97 Å². The van der Waals surface area contributed by atoms with Gasteiger partial charge in [0.1, 0.15) is 0 Å². The molecule has 1 unspecified atom stereocenters. The number of carbonyl (C=O) groups is 3. The number of carboxylic acid groups (broad SMARTS) is 1. The van der Waals surface area contributed by atoms with Gasteiger partial charge in [-0.15, -0.1) is 0 Å². The first kappa shape index (κ1) is 26.1. The average molecular weight is 517 g/mol. The first-order valence-corrected chi connectivity index (χ1v) is 13.3. The summed E-state index contributed by atoms with van der Waals surface area (Å²) in [6.45, 7) is 4.71. The molecule has 2 aliphatic rings. The zero-order valence-electron chi connectivity index (χ0n) is 21.9. The molecule has 0 saturated carbocycles. The molecule has 200 valence electrons. The van der Waals surface area contributed by atoms with E-state index in [1.807, 2.05) is 48.7 Å². The number of hydrogen-bond donors (Lipinski definition) is 5. The van der Waals surface area contributed by atoms with Crippen LogP contribution in [0.25, 0.3) is 10.9 Å². The molecule has 0 radical (unpaired) electrons. The van der Waals surface area contributed by atoms with Crippen molar-refractivity contribution in [2.75, 3.05) is 13.1 Å². The van der Waals surface area contributed by atoms with E-state index in [0.29, 0.717) is 0 Å². The van der Waals surface area contributed by atoms with Crippen LogP contribution in [0.5, 0.6) is 0 Å². The van der Waals surface area contributed by atoms with Crippen molar-refractivity contribution < 1.29 is 19.5 Å². The number of nitrogens with two attached hydrogens (primary N) is 1. The molecule has 1 aromatic heterocycles. The Morgan fingerprint density at radius 1 is 1.11 bits per heavy atom. The quantitative estimate of drug-likeness (QED) is 0.312. The molecule has 38 heavy (non-hydrogen) atoms. The highest BCUT2D eigenvalue weighted by Gasteiger charge is 2.56. The molecule has 1 aliphatic heterocycles. The van der Waals surface area contributed by atoms with Gasteiger partial charge in [-0.3, -0.25) is 14.4 Å². The number of piperidine rings is 1. The van der Waals surface area contributed by atoms with E-state index < -0.39 is 40.7 Å². The van der Waals surface area contributed by atoms with Crippen LogP contribution in [0.2, 0.25) is 0 Å². The lowest BCUT2D eigenvalue weighted by molar-refractivity contribution is -0.139. The molecular formula is C30H36N4O4. The van der Waals surface area contributed by atoms with Gasteiger partial charge in [0.25, 0.3) is 0 Å². The molecular weight excluding hydrogens is 480 g/mol. The fraction of sp³-hybridized carbons (Fsp3) is 0.433. The minimum Gasteiger partial charge on any atom is -0.481 e. The second-order valence-electron chi connectivity index (χ2n) is 11.4. The zero-order valence-corrected chi connectivity index (χ0v) is 21.9. The van der Waals surface area contributed by atoms with Gasteiger partial charge in [0, 0.05) is 40.8 Å². The van der Waals surface area contributed by atoms with Crippen molar-refractivity contribution in [3.63, 3.8) is 0 Å². The molecule has 1 spiro atoms. The molecule has 1 aliphatic carbocycles. The summed E-state index contributed by atoms with van der Waals surface area (Å²) in [5.41, 5.74) is 8.34. The summed E-state index contributed by atoms with van der Waals surface area (Å²) in [5, 5.41) is 17.2. The van der Waals surface area contributed by atoms with Crippen molar-refractivity contribution in [1.29, 1.82) is 0 Å². The number of para-hydroxylation sites is 1. The first-order chi connectivity index (χ1) is 18.1. The third-order valence-corrected chi connectivity index (χ3v) is 8.42. The fourth-order valence-electron chi connectivity index (χ4n) is 6.65. The number of carbonyl (C=O) groups excluding carboxylic acids is 2. The number of benzene rings is 2. The highest BCUT2D eigenvalue weighted by Crippen LogP contribution is 2.56. The number of fused-ring (bicyclic) bond motifs is 3. The predicted molar refractivity (Wildman–Crippen MR) is 146 cm³/mol. The molecule has 3 atom stereocenters. The lowest BCUT2D eigenvalue weighted by atomic mass is 9.64. The first-order valence-electron chi connectivity index (χ1n) is 13.3. The van der Waals surface area contributed by atoms with Crippen molar-refractivity contribution in [2.45, 2.75) is 62.4 Å². The summed E-state index contributed by atoms with van der Waals surface area (Å²) >= 11 is 0. The Bertz CT molecular complexity index is 1370. The van der Waals surface area contributed by atoms with E-state index in [2.05, 4.69) is 21.7 Å². The fourth-order valence-corrected chi connectivity index (χ4v) is 6.65. The molecule has 1 amide bonds. The van der Waals surface area contributed by atoms with Crippen LogP contribution in [-0.2, 0) is 26.2 Å². The second-order valence-corrected chi connectivity index (χ2v) is 11.4. The molecule has 5 rings (SSSR count). The minimum atomic E-state index is -1.18. The highest BCUT2D eigenvalue weighted by molar-refractivity contribution is 5.96. The molecule has 6 N–H and O–H groups in total. The Kier molecular flexibility index (Phi) is 6.88. The standard InChI is InChI=1S/C30H36N4O4/c1-29(2,31)28(38)34-24(15-18-17-33-23-10-6-4-7-19(18)23)27(37)26-21(16-25(35)36)20-8-3-5-9-22(20)30(26)11-13-32-14-12-30/h3-10,17,21,24,26,32-33H,11-16,31H2,1-2H3,(H,34,38)(H,35,36)/t21-,24+,26?/m0/s1. The Morgan fingerprint density at radius 2 is 1.79 bits per heavy atom. The van der Waals surface area contributed by atoms with Gasteiger partial charge in [0.05, 0.1) is 18.0 Å². The number of aromatic nitrogens is 1. The van der Waals surface area contributed by atoms with E-state index >= 15 is 0 Å². The van der Waals surface area contributed by atoms with Crippen molar-refractivity contribution in [3.8, 4) is 0 Å². The number of aliphatic carboxylic acids is 1. The van der Waals surface area contributed by atoms with Gasteiger partial charge in [0.2, 0.25) is 5.91 Å². The lowest BCUT2D eigenvalue weighted by Gasteiger charge is -2.42. The Morgan fingerprint density at radius 3 is 2.50 bits per heavy atom. The summed E-state index contributed by atoms with van der Waals surface area (Å²) in [6.07, 6.45) is 3.48. The highest BCUT2D eigenvalue weighted by atomic mass is 16.4. The van der Waals surface area contributed by atoms with Crippen molar-refractivity contribution in [1.82, 2.24) is 15.6 Å². The SMILES string of the molecule is CC(C)(N)C(=O)N[C@H](Cc1c[nH]c2ccccc12)C(=O)C1[C@@H](CC(=O)O)c2ccccc2C12CCNCC2. The van der Waals surface area contributed by atoms with Gasteiger partial charge in [-0.05, 0) is 62.5 Å². The van der Waals surface area contributed by atoms with Crippen LogP contribution in [-0.4, -0.2) is 52.4 Å². The summed E-state index contributed by atoms with van der Waals surface area (Å²) in [4.78, 5) is 43.2. The maximum atomic E-state index is 14.7. The number of aromatic amines is 1. The van der Waals surface area contributed by atoms with E-state index in [1.165, 1.54) is 0 Å². The van der Waals surface area contributed by atoms with Crippen molar-refractivity contribution in [2.24, 2.45) is 11.7 Å². The molecule has 2 heterocycles. The molecule has 0 bridgehead atoms. The van der Waals surface area contributed by atoms with Crippen LogP contribution in [0.1, 0.15) is 55.7 Å². The summed E-state index contributed by atoms with van der Waals surface area (Å²) in [7, 11) is 0. The number of nitrogens with one attached hydrogen (secondary N) is 3. The number of Topliss-reactive ketones (excluding diaryl/α,β-unsaturated/α-hetero) is 1. The van der Waals surface area contributed by atoms with Gasteiger partial charge < -0.3 is 26.5 Å². The number of hydrogen-bond acceptors (Lipinski definition) is 5. The zero-order chi connectivity index (χ0) is 27.1. The average Bonchev–Trinajstić information content (AvgIpc) is 3.40. The van der Waals surface area contributed by atoms with Gasteiger partial charge in [-0.1, -0.05) is 42.5 Å². The monoisotopic (exact) mass is 516 g/mol. The molecule has 3 aromatic rings. The van der Waals surface area contributed by atoms with Crippen molar-refractivity contribution in [3.05, 3.63) is 71.4 Å². The van der Waals surface area contributed by atoms with Gasteiger partial charge in [0.15, 0.2) is 5.78 Å². The Labute approximate surface area is 222 Å². The van der Waals surface area contributed by atoms with Crippen LogP contribution >= 0.6 is 0 Å². The van der Waals surface area contributed by atoms with E-state index in [0.717, 1.165) is 53.5 Å². The second kappa shape index (κ2) is 10.0. The van der Waals surface area contributed by atoms with E-state index in [4.69, 9.17) is 5.73 Å². The van der Waals surface area contributed by atoms with E-state index in [-0.39, 0.29) is 18.6 Å². The normalized spacial score (nSPS) is 21.2. The number of H-pyrrole nitrogens is 1. The van der Waals surface area contributed by atoms with Crippen LogP contribution < -0.4 is 16.4 Å². The largest absolute Gasteiger partial charge is 0.481 e. The number of carboxylic acids is 1. The van der Waals surface area contributed by atoms with Gasteiger partial charge in [-0.2, -0.15) is 0 Å². The van der Waals surface area contributed by atoms with Crippen LogP contribution in [0.15, 0.2) is 54.7 Å². The van der Waals surface area contributed by atoms with E-state index in [1.54, 1.807) is 13.8 Å². The van der Waals surface area contributed by atoms with Crippen LogP contribution in [0.3, 0.4) is 0 Å². The lowest BCUT2D eigenvalue weighted by Crippen LogP contribution is -2.57. The summed E-state index contributed by atoms with van der Waals surface area (Å²) in [6, 6.07) is 14.9. The molecule has 1 saturated heterocycles. The Balaban J connectivity index is 1.60. The number of amides is 1. The molecule has 1 fully saturated rings. The van der Waals surface area contributed by atoms with E-state index in [9.17, 15) is 19.5 Å².